The summed E-state index contributed by atoms with van der Waals surface area (Å²) in [5.41, 5.74) is 2.27. The highest BCUT2D eigenvalue weighted by molar-refractivity contribution is 6.43. The summed E-state index contributed by atoms with van der Waals surface area (Å²) in [6.07, 6.45) is 2.25. The van der Waals surface area contributed by atoms with Gasteiger partial charge in [-0.1, -0.05) is 35.3 Å². The van der Waals surface area contributed by atoms with Crippen LogP contribution in [-0.2, 0) is 0 Å². The van der Waals surface area contributed by atoms with Crippen molar-refractivity contribution in [2.75, 3.05) is 25.0 Å². The number of carbonyl (C=O) groups is 1. The van der Waals surface area contributed by atoms with E-state index in [0.29, 0.717) is 40.0 Å². The average molecular weight is 446 g/mol. The molecule has 0 atom stereocenters. The van der Waals surface area contributed by atoms with E-state index in [1.165, 1.54) is 4.90 Å². The molecule has 0 unspecified atom stereocenters. The SMILES string of the molecule is CN(C(=O)O)C1(C)CCN(c2cnc3nc(-c4cccc(Cl)c4Cl)ccc3n2)CC1. The summed E-state index contributed by atoms with van der Waals surface area (Å²) < 4.78 is 0. The number of carboxylic acid groups (broad SMARTS) is 1. The molecule has 4 rings (SSSR count). The molecule has 1 aromatic carbocycles. The molecule has 1 saturated heterocycles. The minimum Gasteiger partial charge on any atom is -0.465 e. The number of pyridine rings is 1. The van der Waals surface area contributed by atoms with Crippen molar-refractivity contribution in [1.29, 1.82) is 0 Å². The highest BCUT2D eigenvalue weighted by atomic mass is 35.5. The largest absolute Gasteiger partial charge is 0.465 e. The van der Waals surface area contributed by atoms with Gasteiger partial charge in [-0.2, -0.15) is 0 Å². The van der Waals surface area contributed by atoms with Gasteiger partial charge < -0.3 is 14.9 Å². The second-order valence-electron chi connectivity index (χ2n) is 7.69. The van der Waals surface area contributed by atoms with Gasteiger partial charge in [-0.3, -0.25) is 0 Å². The van der Waals surface area contributed by atoms with Gasteiger partial charge >= 0.3 is 6.09 Å². The third kappa shape index (κ3) is 3.75. The van der Waals surface area contributed by atoms with Crippen molar-refractivity contribution in [1.82, 2.24) is 19.9 Å². The van der Waals surface area contributed by atoms with Crippen LogP contribution in [-0.4, -0.2) is 56.7 Å². The molecule has 30 heavy (non-hydrogen) atoms. The second-order valence-corrected chi connectivity index (χ2v) is 8.48. The summed E-state index contributed by atoms with van der Waals surface area (Å²) in [6, 6.07) is 9.16. The van der Waals surface area contributed by atoms with Gasteiger partial charge in [0.15, 0.2) is 5.65 Å². The molecule has 0 spiro atoms. The van der Waals surface area contributed by atoms with E-state index >= 15 is 0 Å². The lowest BCUT2D eigenvalue weighted by molar-refractivity contribution is 0.0872. The summed E-state index contributed by atoms with van der Waals surface area (Å²) in [6.45, 7) is 3.40. The number of benzene rings is 1. The first kappa shape index (κ1) is 20.6. The van der Waals surface area contributed by atoms with Gasteiger partial charge in [0.2, 0.25) is 0 Å². The first-order valence-electron chi connectivity index (χ1n) is 9.58. The monoisotopic (exact) mass is 445 g/mol. The van der Waals surface area contributed by atoms with Gasteiger partial charge in [0.25, 0.3) is 0 Å². The summed E-state index contributed by atoms with van der Waals surface area (Å²) in [4.78, 5) is 28.7. The Labute approximate surface area is 184 Å². The van der Waals surface area contributed by atoms with Crippen molar-refractivity contribution < 1.29 is 9.90 Å². The Morgan fingerprint density at radius 2 is 1.90 bits per heavy atom. The van der Waals surface area contributed by atoms with Gasteiger partial charge in [-0.05, 0) is 38.0 Å². The second kappa shape index (κ2) is 7.89. The van der Waals surface area contributed by atoms with E-state index in [0.717, 1.165) is 24.2 Å². The van der Waals surface area contributed by atoms with Crippen molar-refractivity contribution in [2.45, 2.75) is 25.3 Å². The molecule has 156 valence electrons. The smallest absolute Gasteiger partial charge is 0.407 e. The Balaban J connectivity index is 1.56. The van der Waals surface area contributed by atoms with Gasteiger partial charge in [-0.25, -0.2) is 19.7 Å². The van der Waals surface area contributed by atoms with Crippen LogP contribution in [0.3, 0.4) is 0 Å². The molecule has 7 nitrogen and oxygen atoms in total. The predicted octanol–water partition coefficient (Wildman–Crippen LogP) is 4.97. The number of hydrogen-bond donors (Lipinski definition) is 1. The molecule has 2 aromatic heterocycles. The van der Waals surface area contributed by atoms with E-state index in [2.05, 4.69) is 14.9 Å². The van der Waals surface area contributed by atoms with Crippen LogP contribution >= 0.6 is 23.2 Å². The summed E-state index contributed by atoms with van der Waals surface area (Å²) in [5.74, 6) is 0.762. The topological polar surface area (TPSA) is 82.5 Å². The molecule has 3 heterocycles. The van der Waals surface area contributed by atoms with Crippen LogP contribution in [0.1, 0.15) is 19.8 Å². The number of hydrogen-bond acceptors (Lipinski definition) is 5. The maximum atomic E-state index is 11.3. The summed E-state index contributed by atoms with van der Waals surface area (Å²) in [7, 11) is 1.63. The molecule has 0 aliphatic carbocycles. The molecular formula is C21H21Cl2N5O2. The van der Waals surface area contributed by atoms with Crippen LogP contribution in [0, 0.1) is 0 Å². The van der Waals surface area contributed by atoms with Crippen LogP contribution in [0.25, 0.3) is 22.4 Å². The molecule has 0 radical (unpaired) electrons. The molecule has 0 saturated carbocycles. The van der Waals surface area contributed by atoms with E-state index in [1.54, 1.807) is 19.3 Å². The van der Waals surface area contributed by atoms with Crippen LogP contribution in [0.2, 0.25) is 10.0 Å². The quantitative estimate of drug-likeness (QED) is 0.612. The lowest BCUT2D eigenvalue weighted by atomic mass is 9.88. The molecule has 1 N–H and O–H groups in total. The lowest BCUT2D eigenvalue weighted by Gasteiger charge is -2.44. The highest BCUT2D eigenvalue weighted by Crippen LogP contribution is 2.33. The number of rotatable bonds is 3. The lowest BCUT2D eigenvalue weighted by Crippen LogP contribution is -2.54. The Kier molecular flexibility index (Phi) is 5.42. The number of amides is 1. The molecule has 3 aromatic rings. The first-order valence-corrected chi connectivity index (χ1v) is 10.3. The molecule has 1 fully saturated rings. The van der Waals surface area contributed by atoms with Crippen LogP contribution in [0.4, 0.5) is 10.6 Å². The molecule has 9 heteroatoms. The summed E-state index contributed by atoms with van der Waals surface area (Å²) >= 11 is 12.4. The zero-order valence-corrected chi connectivity index (χ0v) is 18.2. The molecule has 0 bridgehead atoms. The van der Waals surface area contributed by atoms with Crippen LogP contribution < -0.4 is 4.90 Å². The van der Waals surface area contributed by atoms with Gasteiger partial charge in [0.05, 0.1) is 21.9 Å². The van der Waals surface area contributed by atoms with E-state index < -0.39 is 6.09 Å². The number of anilines is 1. The van der Waals surface area contributed by atoms with Crippen LogP contribution in [0.5, 0.6) is 0 Å². The number of aromatic nitrogens is 3. The number of halogens is 2. The maximum Gasteiger partial charge on any atom is 0.407 e. The first-order chi connectivity index (χ1) is 14.3. The standard InChI is InChI=1S/C21H21Cl2N5O2/c1-21(27(2)20(29)30)8-10-28(11-9-21)17-12-24-19-16(25-17)7-6-15(26-19)13-4-3-5-14(22)18(13)23/h3-7,12H,8-11H2,1-2H3,(H,29,30). The van der Waals surface area contributed by atoms with E-state index in [4.69, 9.17) is 28.2 Å². The Morgan fingerprint density at radius 1 is 1.17 bits per heavy atom. The molecular weight excluding hydrogens is 425 g/mol. The molecule has 1 aliphatic heterocycles. The van der Waals surface area contributed by atoms with E-state index in [1.807, 2.05) is 31.2 Å². The van der Waals surface area contributed by atoms with Gasteiger partial charge in [0, 0.05) is 31.2 Å². The zero-order valence-electron chi connectivity index (χ0n) is 16.6. The molecule has 1 amide bonds. The van der Waals surface area contributed by atoms with Crippen molar-refractivity contribution in [3.63, 3.8) is 0 Å². The Morgan fingerprint density at radius 3 is 2.60 bits per heavy atom. The van der Waals surface area contributed by atoms with Crippen molar-refractivity contribution in [3.8, 4) is 11.3 Å². The van der Waals surface area contributed by atoms with Crippen molar-refractivity contribution in [3.05, 3.63) is 46.6 Å². The fraction of sp³-hybridized carbons (Fsp3) is 0.333. The predicted molar refractivity (Wildman–Crippen MR) is 118 cm³/mol. The third-order valence-electron chi connectivity index (χ3n) is 5.88. The minimum absolute atomic E-state index is 0.376. The van der Waals surface area contributed by atoms with Crippen molar-refractivity contribution >= 4 is 46.3 Å². The maximum absolute atomic E-state index is 11.3. The summed E-state index contributed by atoms with van der Waals surface area (Å²) in [5, 5.41) is 10.2. The van der Waals surface area contributed by atoms with Gasteiger partial charge in [-0.15, -0.1) is 0 Å². The zero-order chi connectivity index (χ0) is 21.5. The number of fused-ring (bicyclic) bond motifs is 1. The Bertz CT molecular complexity index is 1120. The third-order valence-corrected chi connectivity index (χ3v) is 6.70. The fourth-order valence-electron chi connectivity index (χ4n) is 3.68. The minimum atomic E-state index is -0.905. The normalized spacial score (nSPS) is 15.9. The Hall–Kier alpha value is -2.64. The van der Waals surface area contributed by atoms with E-state index in [-0.39, 0.29) is 5.54 Å². The highest BCUT2D eigenvalue weighted by Gasteiger charge is 2.36. The average Bonchev–Trinajstić information content (AvgIpc) is 2.75. The van der Waals surface area contributed by atoms with Gasteiger partial charge in [0.1, 0.15) is 11.3 Å². The fourth-order valence-corrected chi connectivity index (χ4v) is 4.08. The van der Waals surface area contributed by atoms with Crippen LogP contribution in [0.15, 0.2) is 36.5 Å². The number of piperidine rings is 1. The van der Waals surface area contributed by atoms with E-state index in [9.17, 15) is 9.90 Å². The number of nitrogens with zero attached hydrogens (tertiary/aromatic N) is 5. The van der Waals surface area contributed by atoms with Crippen molar-refractivity contribution in [2.24, 2.45) is 0 Å². The molecule has 1 aliphatic rings.